The summed E-state index contributed by atoms with van der Waals surface area (Å²) in [6, 6.07) is 8.79. The average Bonchev–Trinajstić information content (AvgIpc) is 2.93. The van der Waals surface area contributed by atoms with Gasteiger partial charge in [0.2, 0.25) is 0 Å². The molecular formula is C16H22N2S. The van der Waals surface area contributed by atoms with Crippen molar-refractivity contribution in [2.75, 3.05) is 6.54 Å². The Balaban J connectivity index is 2.16. The molecule has 0 spiro atoms. The van der Waals surface area contributed by atoms with Crippen molar-refractivity contribution in [3.8, 4) is 0 Å². The van der Waals surface area contributed by atoms with Crippen LogP contribution in [0.3, 0.4) is 0 Å². The standard InChI is InChI=1S/C16H22N2S/c1-3-9-18-15(12-14-7-5-6-10-17-14)16-13(4-2)8-11-19-16/h5-8,10-11,15,18H,3-4,9,12H2,1-2H3. The van der Waals surface area contributed by atoms with Gasteiger partial charge in [0.05, 0.1) is 0 Å². The molecule has 0 radical (unpaired) electrons. The molecule has 2 aromatic heterocycles. The molecule has 2 nitrogen and oxygen atoms in total. The molecule has 1 unspecified atom stereocenters. The number of aromatic nitrogens is 1. The van der Waals surface area contributed by atoms with Crippen molar-refractivity contribution in [3.63, 3.8) is 0 Å². The maximum absolute atomic E-state index is 4.46. The maximum atomic E-state index is 4.46. The van der Waals surface area contributed by atoms with Crippen molar-refractivity contribution in [2.24, 2.45) is 0 Å². The van der Waals surface area contributed by atoms with Crippen LogP contribution in [-0.2, 0) is 12.8 Å². The van der Waals surface area contributed by atoms with Gasteiger partial charge in [-0.05, 0) is 48.5 Å². The van der Waals surface area contributed by atoms with Gasteiger partial charge in [-0.15, -0.1) is 11.3 Å². The van der Waals surface area contributed by atoms with Gasteiger partial charge in [-0.2, -0.15) is 0 Å². The zero-order valence-electron chi connectivity index (χ0n) is 11.7. The van der Waals surface area contributed by atoms with E-state index in [0.717, 1.165) is 31.5 Å². The molecule has 0 saturated heterocycles. The fourth-order valence-electron chi connectivity index (χ4n) is 2.25. The van der Waals surface area contributed by atoms with Gasteiger partial charge in [0, 0.05) is 29.2 Å². The first-order chi connectivity index (χ1) is 9.35. The average molecular weight is 274 g/mol. The summed E-state index contributed by atoms with van der Waals surface area (Å²) in [6.45, 7) is 5.49. The molecule has 0 fully saturated rings. The van der Waals surface area contributed by atoms with E-state index < -0.39 is 0 Å². The lowest BCUT2D eigenvalue weighted by atomic mass is 10.0. The molecule has 0 aliphatic carbocycles. The highest BCUT2D eigenvalue weighted by Gasteiger charge is 2.16. The van der Waals surface area contributed by atoms with E-state index in [1.165, 1.54) is 10.4 Å². The predicted octanol–water partition coefficient (Wildman–Crippen LogP) is 3.99. The first kappa shape index (κ1) is 14.2. The SMILES string of the molecule is CCCNC(Cc1ccccn1)c1sccc1CC. The smallest absolute Gasteiger partial charge is 0.0473 e. The number of hydrogen-bond donors (Lipinski definition) is 1. The Morgan fingerprint density at radius 2 is 2.16 bits per heavy atom. The molecule has 1 N–H and O–H groups in total. The van der Waals surface area contributed by atoms with Gasteiger partial charge >= 0.3 is 0 Å². The van der Waals surface area contributed by atoms with Gasteiger partial charge in [0.1, 0.15) is 0 Å². The van der Waals surface area contributed by atoms with Gasteiger partial charge < -0.3 is 5.32 Å². The summed E-state index contributed by atoms with van der Waals surface area (Å²) in [6.07, 6.45) is 5.10. The highest BCUT2D eigenvalue weighted by molar-refractivity contribution is 7.10. The van der Waals surface area contributed by atoms with Gasteiger partial charge in [-0.1, -0.05) is 19.9 Å². The summed E-state index contributed by atoms with van der Waals surface area (Å²) in [4.78, 5) is 5.93. The van der Waals surface area contributed by atoms with Crippen LogP contribution in [0.4, 0.5) is 0 Å². The molecule has 3 heteroatoms. The molecule has 2 rings (SSSR count). The van der Waals surface area contributed by atoms with Crippen LogP contribution in [0.2, 0.25) is 0 Å². The van der Waals surface area contributed by atoms with E-state index in [4.69, 9.17) is 0 Å². The second kappa shape index (κ2) is 7.41. The minimum Gasteiger partial charge on any atom is -0.309 e. The summed E-state index contributed by atoms with van der Waals surface area (Å²) in [7, 11) is 0. The number of aryl methyl sites for hydroxylation is 1. The number of nitrogens with zero attached hydrogens (tertiary/aromatic N) is 1. The summed E-state index contributed by atoms with van der Waals surface area (Å²) in [5.41, 5.74) is 2.63. The molecule has 0 aromatic carbocycles. The topological polar surface area (TPSA) is 24.9 Å². The molecular weight excluding hydrogens is 252 g/mol. The molecule has 2 aromatic rings. The van der Waals surface area contributed by atoms with E-state index in [0.29, 0.717) is 6.04 Å². The molecule has 0 aliphatic rings. The Hall–Kier alpha value is -1.19. The fourth-order valence-corrected chi connectivity index (χ4v) is 3.32. The summed E-state index contributed by atoms with van der Waals surface area (Å²) < 4.78 is 0. The normalized spacial score (nSPS) is 12.5. The Morgan fingerprint density at radius 1 is 1.26 bits per heavy atom. The van der Waals surface area contributed by atoms with Gasteiger partial charge in [-0.3, -0.25) is 4.98 Å². The van der Waals surface area contributed by atoms with Crippen molar-refractivity contribution >= 4 is 11.3 Å². The Morgan fingerprint density at radius 3 is 2.84 bits per heavy atom. The number of nitrogens with one attached hydrogen (secondary N) is 1. The molecule has 0 aliphatic heterocycles. The lowest BCUT2D eigenvalue weighted by Gasteiger charge is -2.18. The third kappa shape index (κ3) is 3.88. The maximum Gasteiger partial charge on any atom is 0.0473 e. The van der Waals surface area contributed by atoms with Crippen LogP contribution in [0.1, 0.15) is 42.4 Å². The largest absolute Gasteiger partial charge is 0.309 e. The van der Waals surface area contributed by atoms with E-state index >= 15 is 0 Å². The van der Waals surface area contributed by atoms with Crippen LogP contribution in [0.15, 0.2) is 35.8 Å². The molecule has 102 valence electrons. The first-order valence-corrected chi connectivity index (χ1v) is 7.92. The van der Waals surface area contributed by atoms with Crippen molar-refractivity contribution in [1.29, 1.82) is 0 Å². The zero-order chi connectivity index (χ0) is 13.5. The minimum atomic E-state index is 0.393. The van der Waals surface area contributed by atoms with E-state index in [-0.39, 0.29) is 0 Å². The monoisotopic (exact) mass is 274 g/mol. The molecule has 0 saturated carbocycles. The number of hydrogen-bond acceptors (Lipinski definition) is 3. The molecule has 19 heavy (non-hydrogen) atoms. The molecule has 1 atom stereocenters. The lowest BCUT2D eigenvalue weighted by molar-refractivity contribution is 0.529. The van der Waals surface area contributed by atoms with Gasteiger partial charge in [-0.25, -0.2) is 0 Å². The van der Waals surface area contributed by atoms with Crippen LogP contribution in [0.5, 0.6) is 0 Å². The fraction of sp³-hybridized carbons (Fsp3) is 0.438. The van der Waals surface area contributed by atoms with Gasteiger partial charge in [0.25, 0.3) is 0 Å². The van der Waals surface area contributed by atoms with Crippen molar-refractivity contribution < 1.29 is 0 Å². The van der Waals surface area contributed by atoms with Crippen molar-refractivity contribution in [1.82, 2.24) is 10.3 Å². The third-order valence-corrected chi connectivity index (χ3v) is 4.33. The van der Waals surface area contributed by atoms with E-state index in [9.17, 15) is 0 Å². The Kier molecular flexibility index (Phi) is 5.55. The van der Waals surface area contributed by atoms with Crippen molar-refractivity contribution in [3.05, 3.63) is 52.0 Å². The number of thiophene rings is 1. The van der Waals surface area contributed by atoms with Crippen LogP contribution >= 0.6 is 11.3 Å². The highest BCUT2D eigenvalue weighted by atomic mass is 32.1. The van der Waals surface area contributed by atoms with E-state index in [1.807, 2.05) is 23.6 Å². The van der Waals surface area contributed by atoms with Crippen LogP contribution < -0.4 is 5.32 Å². The number of rotatable bonds is 7. The molecule has 0 amide bonds. The van der Waals surface area contributed by atoms with Crippen LogP contribution in [0.25, 0.3) is 0 Å². The van der Waals surface area contributed by atoms with Crippen LogP contribution in [0, 0.1) is 0 Å². The molecule has 2 heterocycles. The zero-order valence-corrected chi connectivity index (χ0v) is 12.5. The summed E-state index contributed by atoms with van der Waals surface area (Å²) in [5, 5.41) is 5.87. The Labute approximate surface area is 119 Å². The van der Waals surface area contributed by atoms with Crippen LogP contribution in [-0.4, -0.2) is 11.5 Å². The quantitative estimate of drug-likeness (QED) is 0.826. The second-order valence-electron chi connectivity index (χ2n) is 4.70. The van der Waals surface area contributed by atoms with Gasteiger partial charge in [0.15, 0.2) is 0 Å². The molecule has 0 bridgehead atoms. The van der Waals surface area contributed by atoms with E-state index in [2.05, 4.69) is 47.7 Å². The minimum absolute atomic E-state index is 0.393. The second-order valence-corrected chi connectivity index (χ2v) is 5.64. The summed E-state index contributed by atoms with van der Waals surface area (Å²) >= 11 is 1.86. The Bertz CT molecular complexity index is 479. The lowest BCUT2D eigenvalue weighted by Crippen LogP contribution is -2.24. The number of pyridine rings is 1. The highest BCUT2D eigenvalue weighted by Crippen LogP contribution is 2.27. The summed E-state index contributed by atoms with van der Waals surface area (Å²) in [5.74, 6) is 0. The first-order valence-electron chi connectivity index (χ1n) is 7.04. The van der Waals surface area contributed by atoms with Crippen molar-refractivity contribution in [2.45, 2.75) is 39.2 Å². The third-order valence-electron chi connectivity index (χ3n) is 3.26. The van der Waals surface area contributed by atoms with E-state index in [1.54, 1.807) is 0 Å². The predicted molar refractivity (Wildman–Crippen MR) is 82.7 cm³/mol.